The second-order valence-electron chi connectivity index (χ2n) is 2.83. The molecule has 0 bridgehead atoms. The lowest BCUT2D eigenvalue weighted by atomic mass is 10.2. The van der Waals surface area contributed by atoms with Gasteiger partial charge in [-0.15, -0.1) is 0 Å². The molecule has 0 spiro atoms. The molecule has 80 valence electrons. The minimum atomic E-state index is -4.19. The number of rotatable bonds is 7. The van der Waals surface area contributed by atoms with Gasteiger partial charge in [0.25, 0.3) is 0 Å². The van der Waals surface area contributed by atoms with Crippen molar-refractivity contribution >= 4 is 0 Å². The molecule has 0 saturated carbocycles. The van der Waals surface area contributed by atoms with Crippen molar-refractivity contribution in [3.63, 3.8) is 0 Å². The van der Waals surface area contributed by atoms with Gasteiger partial charge >= 0.3 is 6.18 Å². The lowest BCUT2D eigenvalue weighted by Crippen LogP contribution is -2.17. The minimum Gasteiger partial charge on any atom is -0.372 e. The third-order valence-corrected chi connectivity index (χ3v) is 1.48. The molecular formula is C8H16F3NO. The van der Waals surface area contributed by atoms with E-state index < -0.39 is 12.8 Å². The number of hydrogen-bond acceptors (Lipinski definition) is 2. The molecule has 0 aliphatic rings. The van der Waals surface area contributed by atoms with Gasteiger partial charge in [0.15, 0.2) is 0 Å². The van der Waals surface area contributed by atoms with Gasteiger partial charge in [-0.1, -0.05) is 0 Å². The predicted molar refractivity (Wildman–Crippen MR) is 44.7 cm³/mol. The number of alkyl halides is 3. The van der Waals surface area contributed by atoms with Crippen LogP contribution in [-0.4, -0.2) is 33.0 Å². The van der Waals surface area contributed by atoms with Gasteiger partial charge in [0.2, 0.25) is 0 Å². The quantitative estimate of drug-likeness (QED) is 0.633. The summed E-state index contributed by atoms with van der Waals surface area (Å²) in [5, 5.41) is 2.96. The maximum atomic E-state index is 11.6. The van der Waals surface area contributed by atoms with Gasteiger partial charge in [-0.05, 0) is 32.9 Å². The van der Waals surface area contributed by atoms with Crippen LogP contribution in [0.15, 0.2) is 0 Å². The standard InChI is InChI=1S/C8H16F3NO/c1-12-5-3-2-4-6-13-7-8(9,10)11/h12H,2-7H2,1H3. The summed E-state index contributed by atoms with van der Waals surface area (Å²) in [6.45, 7) is -0.0263. The van der Waals surface area contributed by atoms with E-state index in [1.807, 2.05) is 7.05 Å². The van der Waals surface area contributed by atoms with Crippen LogP contribution < -0.4 is 5.32 Å². The summed E-state index contributed by atoms with van der Waals surface area (Å²) in [5.74, 6) is 0. The Morgan fingerprint density at radius 2 is 1.85 bits per heavy atom. The highest BCUT2D eigenvalue weighted by Crippen LogP contribution is 2.14. The summed E-state index contributed by atoms with van der Waals surface area (Å²) >= 11 is 0. The Hall–Kier alpha value is -0.290. The van der Waals surface area contributed by atoms with Crippen LogP contribution in [0.5, 0.6) is 0 Å². The molecule has 0 fully saturated rings. The summed E-state index contributed by atoms with van der Waals surface area (Å²) < 4.78 is 39.1. The Kier molecular flexibility index (Phi) is 6.99. The van der Waals surface area contributed by atoms with Crippen LogP contribution >= 0.6 is 0 Å². The first kappa shape index (κ1) is 12.7. The molecule has 0 aliphatic carbocycles. The van der Waals surface area contributed by atoms with E-state index in [0.29, 0.717) is 6.42 Å². The second kappa shape index (κ2) is 7.15. The van der Waals surface area contributed by atoms with Crippen LogP contribution in [0.3, 0.4) is 0 Å². The van der Waals surface area contributed by atoms with Crippen molar-refractivity contribution in [1.29, 1.82) is 0 Å². The summed E-state index contributed by atoms with van der Waals surface area (Å²) in [6.07, 6.45) is -1.62. The van der Waals surface area contributed by atoms with Crippen molar-refractivity contribution in [2.75, 3.05) is 26.8 Å². The third kappa shape index (κ3) is 11.7. The van der Waals surface area contributed by atoms with E-state index in [2.05, 4.69) is 10.1 Å². The van der Waals surface area contributed by atoms with Crippen LogP contribution in [0.1, 0.15) is 19.3 Å². The number of halogens is 3. The third-order valence-electron chi connectivity index (χ3n) is 1.48. The Bertz CT molecular complexity index is 116. The summed E-state index contributed by atoms with van der Waals surface area (Å²) in [6, 6.07) is 0. The van der Waals surface area contributed by atoms with Crippen molar-refractivity contribution in [3.8, 4) is 0 Å². The van der Waals surface area contributed by atoms with Crippen LogP contribution in [0.2, 0.25) is 0 Å². The van der Waals surface area contributed by atoms with Gasteiger partial charge in [-0.3, -0.25) is 0 Å². The fourth-order valence-corrected chi connectivity index (χ4v) is 0.871. The Balaban J connectivity index is 3.00. The molecule has 0 radical (unpaired) electrons. The highest BCUT2D eigenvalue weighted by molar-refractivity contribution is 4.47. The Morgan fingerprint density at radius 3 is 2.38 bits per heavy atom. The van der Waals surface area contributed by atoms with Crippen LogP contribution in [-0.2, 0) is 4.74 Å². The van der Waals surface area contributed by atoms with E-state index >= 15 is 0 Å². The lowest BCUT2D eigenvalue weighted by Gasteiger charge is -2.06. The van der Waals surface area contributed by atoms with E-state index in [0.717, 1.165) is 19.4 Å². The van der Waals surface area contributed by atoms with Crippen molar-refractivity contribution in [1.82, 2.24) is 5.32 Å². The zero-order valence-electron chi connectivity index (χ0n) is 7.78. The smallest absolute Gasteiger partial charge is 0.372 e. The van der Waals surface area contributed by atoms with Crippen molar-refractivity contribution < 1.29 is 17.9 Å². The second-order valence-corrected chi connectivity index (χ2v) is 2.83. The number of unbranched alkanes of at least 4 members (excludes halogenated alkanes) is 2. The van der Waals surface area contributed by atoms with Gasteiger partial charge in [-0.25, -0.2) is 0 Å². The van der Waals surface area contributed by atoms with Gasteiger partial charge in [0, 0.05) is 6.61 Å². The largest absolute Gasteiger partial charge is 0.411 e. The molecule has 0 aromatic carbocycles. The Morgan fingerprint density at radius 1 is 1.15 bits per heavy atom. The SMILES string of the molecule is CNCCCCCOCC(F)(F)F. The first-order valence-electron chi connectivity index (χ1n) is 4.35. The molecule has 2 nitrogen and oxygen atoms in total. The number of hydrogen-bond donors (Lipinski definition) is 1. The summed E-state index contributed by atoms with van der Waals surface area (Å²) in [4.78, 5) is 0. The molecule has 0 aromatic heterocycles. The van der Waals surface area contributed by atoms with E-state index in [-0.39, 0.29) is 6.61 Å². The molecule has 1 N–H and O–H groups in total. The first-order chi connectivity index (χ1) is 6.06. The van der Waals surface area contributed by atoms with Gasteiger partial charge in [0.1, 0.15) is 6.61 Å². The maximum absolute atomic E-state index is 11.6. The van der Waals surface area contributed by atoms with Crippen LogP contribution in [0.4, 0.5) is 13.2 Å². The van der Waals surface area contributed by atoms with Gasteiger partial charge in [-0.2, -0.15) is 13.2 Å². The average Bonchev–Trinajstić information content (AvgIpc) is 2.01. The highest BCUT2D eigenvalue weighted by atomic mass is 19.4. The molecule has 0 aromatic rings. The molecule has 0 rings (SSSR count). The first-order valence-corrected chi connectivity index (χ1v) is 4.35. The average molecular weight is 199 g/mol. The van der Waals surface area contributed by atoms with E-state index in [1.165, 1.54) is 0 Å². The van der Waals surface area contributed by atoms with Crippen molar-refractivity contribution in [3.05, 3.63) is 0 Å². The fourth-order valence-electron chi connectivity index (χ4n) is 0.871. The topological polar surface area (TPSA) is 21.3 Å². The fraction of sp³-hybridized carbons (Fsp3) is 1.00. The monoisotopic (exact) mass is 199 g/mol. The molecular weight excluding hydrogens is 183 g/mol. The van der Waals surface area contributed by atoms with E-state index in [4.69, 9.17) is 0 Å². The Labute approximate surface area is 76.5 Å². The molecule has 13 heavy (non-hydrogen) atoms. The normalized spacial score (nSPS) is 12.0. The zero-order chi connectivity index (χ0) is 10.2. The number of nitrogens with one attached hydrogen (secondary N) is 1. The van der Waals surface area contributed by atoms with Gasteiger partial charge < -0.3 is 10.1 Å². The molecule has 0 atom stereocenters. The molecule has 0 saturated heterocycles. The molecule has 0 unspecified atom stereocenters. The van der Waals surface area contributed by atoms with Gasteiger partial charge in [0.05, 0.1) is 0 Å². The maximum Gasteiger partial charge on any atom is 0.411 e. The zero-order valence-corrected chi connectivity index (χ0v) is 7.78. The molecule has 5 heteroatoms. The lowest BCUT2D eigenvalue weighted by molar-refractivity contribution is -0.174. The molecule has 0 heterocycles. The van der Waals surface area contributed by atoms with Crippen molar-refractivity contribution in [2.45, 2.75) is 25.4 Å². The van der Waals surface area contributed by atoms with Crippen molar-refractivity contribution in [2.24, 2.45) is 0 Å². The molecule has 0 aliphatic heterocycles. The summed E-state index contributed by atoms with van der Waals surface area (Å²) in [7, 11) is 1.85. The highest BCUT2D eigenvalue weighted by Gasteiger charge is 2.26. The number of ether oxygens (including phenoxy) is 1. The molecule has 0 amide bonds. The minimum absolute atomic E-state index is 0.198. The van der Waals surface area contributed by atoms with E-state index in [9.17, 15) is 13.2 Å². The summed E-state index contributed by atoms with van der Waals surface area (Å²) in [5.41, 5.74) is 0. The van der Waals surface area contributed by atoms with E-state index in [1.54, 1.807) is 0 Å². The predicted octanol–water partition coefficient (Wildman–Crippen LogP) is 1.96. The van der Waals surface area contributed by atoms with Crippen LogP contribution in [0, 0.1) is 0 Å². The van der Waals surface area contributed by atoms with Crippen LogP contribution in [0.25, 0.3) is 0 Å².